The van der Waals surface area contributed by atoms with Gasteiger partial charge in [0.15, 0.2) is 5.54 Å². The number of hydrazone groups is 1. The maximum absolute atomic E-state index is 12.5. The molecule has 0 fully saturated rings. The Labute approximate surface area is 153 Å². The molecule has 0 amide bonds. The summed E-state index contributed by atoms with van der Waals surface area (Å²) in [7, 11) is 4.64. The lowest BCUT2D eigenvalue weighted by Gasteiger charge is -2.31. The van der Waals surface area contributed by atoms with Crippen molar-refractivity contribution < 1.29 is 19.0 Å². The highest BCUT2D eigenvalue weighted by atomic mass is 16.5. The molecule has 0 aromatic heterocycles. The van der Waals surface area contributed by atoms with Crippen molar-refractivity contribution in [3.63, 3.8) is 0 Å². The van der Waals surface area contributed by atoms with Gasteiger partial charge in [-0.1, -0.05) is 0 Å². The highest BCUT2D eigenvalue weighted by molar-refractivity contribution is 6.08. The number of ether oxygens (including phenoxy) is 3. The Morgan fingerprint density at radius 2 is 1.50 bits per heavy atom. The topological polar surface area (TPSA) is 60.4 Å². The summed E-state index contributed by atoms with van der Waals surface area (Å²) in [6, 6.07) is 15.1. The van der Waals surface area contributed by atoms with Crippen LogP contribution >= 0.6 is 0 Å². The summed E-state index contributed by atoms with van der Waals surface area (Å²) in [5.41, 5.74) is 1.63. The second kappa shape index (κ2) is 7.07. The Hall–Kier alpha value is -3.02. The molecule has 136 valence electrons. The zero-order valence-electron chi connectivity index (χ0n) is 15.4. The highest BCUT2D eigenvalue weighted by Gasteiger charge is 2.47. The van der Waals surface area contributed by atoms with Crippen LogP contribution in [0.4, 0.5) is 5.69 Å². The van der Waals surface area contributed by atoms with E-state index in [1.165, 1.54) is 7.11 Å². The molecule has 6 nitrogen and oxygen atoms in total. The summed E-state index contributed by atoms with van der Waals surface area (Å²) < 4.78 is 15.5. The lowest BCUT2D eigenvalue weighted by atomic mass is 9.92. The van der Waals surface area contributed by atoms with Crippen LogP contribution in [0.1, 0.15) is 18.9 Å². The Morgan fingerprint density at radius 3 is 2.00 bits per heavy atom. The summed E-state index contributed by atoms with van der Waals surface area (Å²) in [4.78, 5) is 12.5. The molecule has 0 spiro atoms. The fourth-order valence-corrected chi connectivity index (χ4v) is 3.06. The first-order valence-corrected chi connectivity index (χ1v) is 8.26. The minimum atomic E-state index is -0.918. The molecule has 0 saturated carbocycles. The van der Waals surface area contributed by atoms with Crippen LogP contribution in [0.15, 0.2) is 53.6 Å². The Kier molecular flexibility index (Phi) is 4.84. The highest BCUT2D eigenvalue weighted by Crippen LogP contribution is 2.36. The number of nitrogens with zero attached hydrogens (tertiary/aromatic N) is 2. The molecule has 0 aliphatic carbocycles. The molecule has 0 radical (unpaired) electrons. The van der Waals surface area contributed by atoms with E-state index in [-0.39, 0.29) is 5.97 Å². The third-order valence-electron chi connectivity index (χ3n) is 4.57. The lowest BCUT2D eigenvalue weighted by Crippen LogP contribution is -2.48. The maximum atomic E-state index is 12.5. The van der Waals surface area contributed by atoms with Gasteiger partial charge in [-0.15, -0.1) is 0 Å². The molecule has 6 heteroatoms. The fourth-order valence-electron chi connectivity index (χ4n) is 3.06. The van der Waals surface area contributed by atoms with Crippen LogP contribution in [0.3, 0.4) is 0 Å². The van der Waals surface area contributed by atoms with Crippen molar-refractivity contribution in [1.29, 1.82) is 0 Å². The predicted molar refractivity (Wildman–Crippen MR) is 100 cm³/mol. The zero-order valence-corrected chi connectivity index (χ0v) is 15.4. The van der Waals surface area contributed by atoms with E-state index in [1.54, 1.807) is 19.2 Å². The van der Waals surface area contributed by atoms with E-state index in [1.807, 2.05) is 55.5 Å². The second-order valence-electron chi connectivity index (χ2n) is 6.23. The smallest absolute Gasteiger partial charge is 0.333 e. The van der Waals surface area contributed by atoms with Crippen molar-refractivity contribution in [1.82, 2.24) is 0 Å². The van der Waals surface area contributed by atoms with Crippen LogP contribution in [-0.4, -0.2) is 38.5 Å². The second-order valence-corrected chi connectivity index (χ2v) is 6.23. The van der Waals surface area contributed by atoms with Crippen molar-refractivity contribution >= 4 is 17.4 Å². The Morgan fingerprint density at radius 1 is 0.962 bits per heavy atom. The lowest BCUT2D eigenvalue weighted by molar-refractivity contribution is -0.146. The first-order chi connectivity index (χ1) is 12.5. The average molecular weight is 354 g/mol. The summed E-state index contributed by atoms with van der Waals surface area (Å²) in [6.45, 7) is 1.84. The number of carbonyl (C=O) groups excluding carboxylic acids is 1. The molecule has 2 aromatic rings. The quantitative estimate of drug-likeness (QED) is 0.772. The van der Waals surface area contributed by atoms with Crippen molar-refractivity contribution in [2.45, 2.75) is 18.9 Å². The van der Waals surface area contributed by atoms with Gasteiger partial charge in [-0.3, -0.25) is 0 Å². The van der Waals surface area contributed by atoms with Crippen LogP contribution in [-0.2, 0) is 9.53 Å². The third-order valence-corrected chi connectivity index (χ3v) is 4.57. The first-order valence-electron chi connectivity index (χ1n) is 8.26. The van der Waals surface area contributed by atoms with Gasteiger partial charge in [0, 0.05) is 6.42 Å². The van der Waals surface area contributed by atoms with E-state index in [2.05, 4.69) is 0 Å². The average Bonchev–Trinajstić information content (AvgIpc) is 3.06. The van der Waals surface area contributed by atoms with E-state index >= 15 is 0 Å². The normalized spacial score (nSPS) is 19.1. The summed E-state index contributed by atoms with van der Waals surface area (Å²) in [6.07, 6.45) is 0.442. The van der Waals surface area contributed by atoms with Crippen molar-refractivity contribution in [2.75, 3.05) is 26.3 Å². The minimum Gasteiger partial charge on any atom is -0.497 e. The number of hydrogen-bond acceptors (Lipinski definition) is 6. The van der Waals surface area contributed by atoms with Crippen LogP contribution in [0.5, 0.6) is 11.5 Å². The van der Waals surface area contributed by atoms with Crippen LogP contribution < -0.4 is 14.5 Å². The van der Waals surface area contributed by atoms with E-state index in [9.17, 15) is 4.79 Å². The number of benzene rings is 2. The number of hydrogen-bond donors (Lipinski definition) is 0. The molecule has 3 rings (SSSR count). The number of methoxy groups -OCH3 is 3. The molecule has 1 heterocycles. The molecular weight excluding hydrogens is 332 g/mol. The Balaban J connectivity index is 2.00. The summed E-state index contributed by atoms with van der Waals surface area (Å²) in [5, 5.41) is 6.45. The fraction of sp³-hybridized carbons (Fsp3) is 0.300. The third kappa shape index (κ3) is 3.10. The van der Waals surface area contributed by atoms with Crippen LogP contribution in [0.25, 0.3) is 0 Å². The molecule has 1 unspecified atom stereocenters. The van der Waals surface area contributed by atoms with Gasteiger partial charge in [0.2, 0.25) is 0 Å². The van der Waals surface area contributed by atoms with Crippen LogP contribution in [0.2, 0.25) is 0 Å². The molecular formula is C20H22N2O4. The molecule has 0 saturated heterocycles. The van der Waals surface area contributed by atoms with Crippen molar-refractivity contribution in [2.24, 2.45) is 5.10 Å². The van der Waals surface area contributed by atoms with Gasteiger partial charge in [0.1, 0.15) is 11.5 Å². The monoisotopic (exact) mass is 354 g/mol. The van der Waals surface area contributed by atoms with E-state index < -0.39 is 5.54 Å². The minimum absolute atomic E-state index is 0.333. The predicted octanol–water partition coefficient (Wildman–Crippen LogP) is 3.25. The Bertz CT molecular complexity index is 815. The van der Waals surface area contributed by atoms with Gasteiger partial charge in [-0.05, 0) is 61.0 Å². The zero-order chi connectivity index (χ0) is 18.7. The van der Waals surface area contributed by atoms with Gasteiger partial charge in [-0.25, -0.2) is 9.80 Å². The molecule has 2 aromatic carbocycles. The number of carbonyl (C=O) groups is 1. The maximum Gasteiger partial charge on any atom is 0.333 e. The van der Waals surface area contributed by atoms with E-state index in [4.69, 9.17) is 19.3 Å². The molecule has 1 aliphatic rings. The van der Waals surface area contributed by atoms with Gasteiger partial charge >= 0.3 is 5.97 Å². The number of anilines is 1. The van der Waals surface area contributed by atoms with Gasteiger partial charge < -0.3 is 14.2 Å². The number of esters is 1. The number of rotatable bonds is 5. The largest absolute Gasteiger partial charge is 0.497 e. The van der Waals surface area contributed by atoms with Gasteiger partial charge in [-0.2, -0.15) is 5.10 Å². The molecule has 1 atom stereocenters. The SMILES string of the molecule is COC(=O)C1(C)CC(c2ccc(OC)cc2)=NN1c1ccc(OC)cc1. The van der Waals surface area contributed by atoms with E-state index in [0.717, 1.165) is 28.5 Å². The summed E-state index contributed by atoms with van der Waals surface area (Å²) >= 11 is 0. The van der Waals surface area contributed by atoms with Crippen molar-refractivity contribution in [3.05, 3.63) is 54.1 Å². The van der Waals surface area contributed by atoms with Crippen molar-refractivity contribution in [3.8, 4) is 11.5 Å². The van der Waals surface area contributed by atoms with E-state index in [0.29, 0.717) is 6.42 Å². The molecule has 1 aliphatic heterocycles. The molecule has 0 N–H and O–H groups in total. The first kappa shape index (κ1) is 17.8. The van der Waals surface area contributed by atoms with Gasteiger partial charge in [0.25, 0.3) is 0 Å². The standard InChI is InChI=1S/C20H22N2O4/c1-20(19(23)26-4)13-18(14-5-9-16(24-2)10-6-14)21-22(20)15-7-11-17(25-3)12-8-15/h5-12H,13H2,1-4H3. The van der Waals surface area contributed by atoms with Crippen LogP contribution in [0, 0.1) is 0 Å². The van der Waals surface area contributed by atoms with Gasteiger partial charge in [0.05, 0.1) is 32.7 Å². The summed E-state index contributed by atoms with van der Waals surface area (Å²) in [5.74, 6) is 1.18. The molecule has 26 heavy (non-hydrogen) atoms. The molecule has 0 bridgehead atoms.